The summed E-state index contributed by atoms with van der Waals surface area (Å²) in [5.41, 5.74) is 0.684. The van der Waals surface area contributed by atoms with E-state index in [1.807, 2.05) is 12.1 Å². The minimum Gasteiger partial charge on any atom is -0.422 e. The Hall–Kier alpha value is -3.28. The van der Waals surface area contributed by atoms with Crippen LogP contribution in [0, 0.1) is 10.1 Å². The molecule has 0 unspecified atom stereocenters. The summed E-state index contributed by atoms with van der Waals surface area (Å²) in [7, 11) is 0. The van der Waals surface area contributed by atoms with E-state index >= 15 is 0 Å². The van der Waals surface area contributed by atoms with Gasteiger partial charge in [-0.05, 0) is 25.1 Å². The Kier molecular flexibility index (Phi) is 3.72. The molecule has 0 amide bonds. The molecular weight excluding hydrogens is 296 g/mol. The van der Waals surface area contributed by atoms with Crippen LogP contribution in [-0.2, 0) is 0 Å². The molecule has 6 heteroatoms. The van der Waals surface area contributed by atoms with Crippen LogP contribution in [-0.4, -0.2) is 10.6 Å². The van der Waals surface area contributed by atoms with Gasteiger partial charge in [-0.2, -0.15) is 0 Å². The fourth-order valence-corrected chi connectivity index (χ4v) is 2.27. The first-order chi connectivity index (χ1) is 11.1. The molecule has 0 bridgehead atoms. The smallest absolute Gasteiger partial charge is 0.345 e. The fourth-order valence-electron chi connectivity index (χ4n) is 2.27. The maximum absolute atomic E-state index is 12.1. The monoisotopic (exact) mass is 308 g/mol. The van der Waals surface area contributed by atoms with Crippen LogP contribution in [0.3, 0.4) is 0 Å². The van der Waals surface area contributed by atoms with Gasteiger partial charge in [-0.15, -0.1) is 0 Å². The van der Waals surface area contributed by atoms with Crippen LogP contribution in [0.1, 0.15) is 12.5 Å². The lowest BCUT2D eigenvalue weighted by Crippen LogP contribution is -2.11. The molecule has 6 nitrogen and oxygen atoms in total. The SMILES string of the molecule is CC(=Nc1ccccc1[N+](=O)[O-])c1cc2ccccc2oc1=O. The molecule has 0 radical (unpaired) electrons. The van der Waals surface area contributed by atoms with Gasteiger partial charge >= 0.3 is 5.63 Å². The number of nitrogens with zero attached hydrogens (tertiary/aromatic N) is 2. The topological polar surface area (TPSA) is 85.7 Å². The molecule has 0 atom stereocenters. The standard InChI is InChI=1S/C17H12N2O4/c1-11(18-14-7-3-4-8-15(14)19(21)22)13-10-12-6-2-5-9-16(12)23-17(13)20/h2-10H,1H3. The van der Waals surface area contributed by atoms with Crippen molar-refractivity contribution in [3.63, 3.8) is 0 Å². The van der Waals surface area contributed by atoms with Crippen LogP contribution in [0.4, 0.5) is 11.4 Å². The minimum absolute atomic E-state index is 0.114. The number of nitro groups is 1. The summed E-state index contributed by atoms with van der Waals surface area (Å²) >= 11 is 0. The largest absolute Gasteiger partial charge is 0.422 e. The predicted octanol–water partition coefficient (Wildman–Crippen LogP) is 3.84. The second-order valence-electron chi connectivity index (χ2n) is 4.93. The second-order valence-corrected chi connectivity index (χ2v) is 4.93. The van der Waals surface area contributed by atoms with Crippen LogP contribution in [0.15, 0.2) is 68.8 Å². The fraction of sp³-hybridized carbons (Fsp3) is 0.0588. The Morgan fingerprint density at radius 2 is 1.83 bits per heavy atom. The van der Waals surface area contributed by atoms with Crippen LogP contribution in [0.5, 0.6) is 0 Å². The summed E-state index contributed by atoms with van der Waals surface area (Å²) < 4.78 is 5.26. The third-order valence-electron chi connectivity index (χ3n) is 3.40. The minimum atomic E-state index is -0.525. The van der Waals surface area contributed by atoms with Crippen LogP contribution in [0.25, 0.3) is 11.0 Å². The van der Waals surface area contributed by atoms with Crippen molar-refractivity contribution in [1.82, 2.24) is 0 Å². The van der Waals surface area contributed by atoms with Crippen LogP contribution < -0.4 is 5.63 Å². The molecule has 0 spiro atoms. The lowest BCUT2D eigenvalue weighted by Gasteiger charge is -2.03. The van der Waals surface area contributed by atoms with Gasteiger partial charge in [-0.25, -0.2) is 9.79 Å². The molecule has 0 aliphatic carbocycles. The number of fused-ring (bicyclic) bond motifs is 1. The summed E-state index contributed by atoms with van der Waals surface area (Å²) in [4.78, 5) is 26.9. The molecule has 0 saturated carbocycles. The average molecular weight is 308 g/mol. The Bertz CT molecular complexity index is 989. The Morgan fingerprint density at radius 3 is 2.61 bits per heavy atom. The Balaban J connectivity index is 2.14. The highest BCUT2D eigenvalue weighted by Crippen LogP contribution is 2.27. The maximum atomic E-state index is 12.1. The maximum Gasteiger partial charge on any atom is 0.345 e. The highest BCUT2D eigenvalue weighted by Gasteiger charge is 2.14. The molecule has 3 aromatic rings. The van der Waals surface area contributed by atoms with Crippen molar-refractivity contribution in [3.8, 4) is 0 Å². The molecule has 23 heavy (non-hydrogen) atoms. The van der Waals surface area contributed by atoms with Crippen molar-refractivity contribution in [3.05, 3.63) is 80.7 Å². The quantitative estimate of drug-likeness (QED) is 0.318. The van der Waals surface area contributed by atoms with E-state index in [1.54, 1.807) is 37.3 Å². The number of aliphatic imine (C=N–C) groups is 1. The summed E-state index contributed by atoms with van der Waals surface area (Å²) in [6.45, 7) is 1.62. The zero-order valence-electron chi connectivity index (χ0n) is 12.2. The Morgan fingerprint density at radius 1 is 1.13 bits per heavy atom. The molecule has 0 N–H and O–H groups in total. The number of hydrogen-bond donors (Lipinski definition) is 0. The molecule has 1 aromatic heterocycles. The van der Waals surface area contributed by atoms with E-state index in [1.165, 1.54) is 12.1 Å². The molecule has 0 fully saturated rings. The normalized spacial score (nSPS) is 11.6. The molecule has 114 valence electrons. The molecule has 0 aliphatic heterocycles. The van der Waals surface area contributed by atoms with E-state index in [2.05, 4.69) is 4.99 Å². The van der Waals surface area contributed by atoms with E-state index in [9.17, 15) is 14.9 Å². The van der Waals surface area contributed by atoms with Gasteiger partial charge in [0.2, 0.25) is 0 Å². The van der Waals surface area contributed by atoms with Crippen molar-refractivity contribution in [2.75, 3.05) is 0 Å². The van der Waals surface area contributed by atoms with Gasteiger partial charge in [0.15, 0.2) is 0 Å². The number of para-hydroxylation sites is 3. The highest BCUT2D eigenvalue weighted by molar-refractivity contribution is 6.02. The van der Waals surface area contributed by atoms with Crippen molar-refractivity contribution < 1.29 is 9.34 Å². The third kappa shape index (κ3) is 2.87. The van der Waals surface area contributed by atoms with Crippen molar-refractivity contribution >= 4 is 28.1 Å². The number of nitro benzene ring substituents is 1. The lowest BCUT2D eigenvalue weighted by atomic mass is 10.1. The second kappa shape index (κ2) is 5.84. The van der Waals surface area contributed by atoms with Gasteiger partial charge in [0.25, 0.3) is 5.69 Å². The summed E-state index contributed by atoms with van der Waals surface area (Å²) in [5.74, 6) is 0. The van der Waals surface area contributed by atoms with Gasteiger partial charge in [0.05, 0.1) is 16.2 Å². The van der Waals surface area contributed by atoms with E-state index in [0.29, 0.717) is 11.3 Å². The van der Waals surface area contributed by atoms with E-state index < -0.39 is 10.5 Å². The number of benzene rings is 2. The van der Waals surface area contributed by atoms with Gasteiger partial charge < -0.3 is 4.42 Å². The zero-order chi connectivity index (χ0) is 16.4. The third-order valence-corrected chi connectivity index (χ3v) is 3.40. The molecule has 0 aliphatic rings. The van der Waals surface area contributed by atoms with Gasteiger partial charge in [-0.1, -0.05) is 30.3 Å². The first-order valence-electron chi connectivity index (χ1n) is 6.88. The van der Waals surface area contributed by atoms with Crippen molar-refractivity contribution in [1.29, 1.82) is 0 Å². The molecule has 0 saturated heterocycles. The first kappa shape index (κ1) is 14.6. The summed E-state index contributed by atoms with van der Waals surface area (Å²) in [6, 6.07) is 14.9. The summed E-state index contributed by atoms with van der Waals surface area (Å²) in [6.07, 6.45) is 0. The van der Waals surface area contributed by atoms with Gasteiger partial charge in [0.1, 0.15) is 11.3 Å². The summed E-state index contributed by atoms with van der Waals surface area (Å²) in [5, 5.41) is 11.8. The van der Waals surface area contributed by atoms with Crippen LogP contribution >= 0.6 is 0 Å². The van der Waals surface area contributed by atoms with Gasteiger partial charge in [0, 0.05) is 11.5 Å². The zero-order valence-corrected chi connectivity index (χ0v) is 12.2. The lowest BCUT2D eigenvalue weighted by molar-refractivity contribution is -0.384. The number of rotatable bonds is 3. The average Bonchev–Trinajstić information content (AvgIpc) is 2.54. The van der Waals surface area contributed by atoms with Gasteiger partial charge in [-0.3, -0.25) is 10.1 Å². The van der Waals surface area contributed by atoms with Crippen LogP contribution in [0.2, 0.25) is 0 Å². The van der Waals surface area contributed by atoms with Crippen molar-refractivity contribution in [2.45, 2.75) is 6.92 Å². The first-order valence-corrected chi connectivity index (χ1v) is 6.88. The molecular formula is C17H12N2O4. The predicted molar refractivity (Wildman–Crippen MR) is 87.5 cm³/mol. The van der Waals surface area contributed by atoms with E-state index in [4.69, 9.17) is 4.42 Å². The Labute approximate surface area is 130 Å². The molecule has 3 rings (SSSR count). The highest BCUT2D eigenvalue weighted by atomic mass is 16.6. The van der Waals surface area contributed by atoms with E-state index in [-0.39, 0.29) is 16.9 Å². The van der Waals surface area contributed by atoms with Crippen molar-refractivity contribution in [2.24, 2.45) is 4.99 Å². The van der Waals surface area contributed by atoms with E-state index in [0.717, 1.165) is 5.39 Å². The molecule has 1 heterocycles. The number of hydrogen-bond acceptors (Lipinski definition) is 5. The molecule has 2 aromatic carbocycles.